The molecule has 0 aromatic heterocycles. The van der Waals surface area contributed by atoms with Gasteiger partial charge in [-0.3, -0.25) is 9.35 Å². The van der Waals surface area contributed by atoms with Crippen LogP contribution < -0.4 is 5.73 Å². The minimum atomic E-state index is -4.16. The highest BCUT2D eigenvalue weighted by Gasteiger charge is 2.23. The summed E-state index contributed by atoms with van der Waals surface area (Å²) >= 11 is 1.45. The molecule has 1 unspecified atom stereocenters. The summed E-state index contributed by atoms with van der Waals surface area (Å²) in [5.41, 5.74) is 5.01. The predicted octanol–water partition coefficient (Wildman–Crippen LogP) is -0.447. The normalized spacial score (nSPS) is 14.5. The smallest absolute Gasteiger partial charge is 0.269 e. The Labute approximate surface area is 78.2 Å². The van der Waals surface area contributed by atoms with Crippen LogP contribution >= 0.6 is 22.6 Å². The zero-order valence-corrected chi connectivity index (χ0v) is 8.50. The second-order valence-corrected chi connectivity index (χ2v) is 4.83. The molecule has 0 heterocycles. The van der Waals surface area contributed by atoms with Gasteiger partial charge in [-0.1, -0.05) is 0 Å². The monoisotopic (exact) mass is 293 g/mol. The Balaban J connectivity index is 4.31. The molecule has 0 aliphatic rings. The fourth-order valence-corrected chi connectivity index (χ4v) is 1.92. The van der Waals surface area contributed by atoms with Gasteiger partial charge in [-0.2, -0.15) is 8.42 Å². The van der Waals surface area contributed by atoms with E-state index in [9.17, 15) is 13.2 Å². The van der Waals surface area contributed by atoms with Crippen molar-refractivity contribution in [3.05, 3.63) is 0 Å². The zero-order valence-electron chi connectivity index (χ0n) is 5.53. The van der Waals surface area contributed by atoms with Gasteiger partial charge < -0.3 is 5.73 Å². The van der Waals surface area contributed by atoms with Crippen LogP contribution in [0.3, 0.4) is 0 Å². The van der Waals surface area contributed by atoms with Crippen LogP contribution in [0.15, 0.2) is 0 Å². The summed E-state index contributed by atoms with van der Waals surface area (Å²) in [5.74, 6) is 0. The molecule has 3 N–H and O–H groups in total. The van der Waals surface area contributed by atoms with E-state index >= 15 is 0 Å². The molecule has 0 saturated heterocycles. The van der Waals surface area contributed by atoms with Crippen LogP contribution in [0.1, 0.15) is 6.42 Å². The Kier molecular flexibility index (Phi) is 4.44. The Morgan fingerprint density at radius 1 is 1.64 bits per heavy atom. The topological polar surface area (TPSA) is 97.5 Å². The summed E-state index contributed by atoms with van der Waals surface area (Å²) in [5, 5.41) is -1.16. The van der Waals surface area contributed by atoms with E-state index in [1.165, 1.54) is 22.6 Å². The van der Waals surface area contributed by atoms with Gasteiger partial charge in [0.15, 0.2) is 3.79 Å². The maximum Gasteiger partial charge on any atom is 0.269 e. The fraction of sp³-hybridized carbons (Fsp3) is 0.750. The van der Waals surface area contributed by atoms with Gasteiger partial charge in [0, 0.05) is 13.0 Å². The number of hydrogen-bond donors (Lipinski definition) is 2. The van der Waals surface area contributed by atoms with Crippen molar-refractivity contribution in [3.8, 4) is 0 Å². The molecule has 7 heteroatoms. The van der Waals surface area contributed by atoms with Gasteiger partial charge in [0.1, 0.15) is 5.25 Å². The second-order valence-electron chi connectivity index (χ2n) is 1.93. The van der Waals surface area contributed by atoms with E-state index in [0.717, 1.165) is 0 Å². The first-order valence-electron chi connectivity index (χ1n) is 2.72. The molecule has 5 nitrogen and oxygen atoms in total. The Hall–Kier alpha value is 0.270. The van der Waals surface area contributed by atoms with Crippen molar-refractivity contribution in [2.24, 2.45) is 5.73 Å². The lowest BCUT2D eigenvalue weighted by molar-refractivity contribution is -0.109. The lowest BCUT2D eigenvalue weighted by Crippen LogP contribution is -2.30. The van der Waals surface area contributed by atoms with Crippen LogP contribution in [0, 0.1) is 0 Å². The standard InChI is InChI=1S/C4H8INO4S/c5-4(7)1-3(2-6)11(8,9)10/h3H,1-2,6H2,(H,8,9,10). The highest BCUT2D eigenvalue weighted by atomic mass is 127. The molecular formula is C4H8INO4S. The number of nitrogens with two attached hydrogens (primary N) is 1. The van der Waals surface area contributed by atoms with Gasteiger partial charge in [-0.05, 0) is 22.6 Å². The number of hydrogen-bond acceptors (Lipinski definition) is 4. The fourth-order valence-electron chi connectivity index (χ4n) is 0.489. The molecule has 0 bridgehead atoms. The first-order valence-corrected chi connectivity index (χ1v) is 5.30. The molecule has 0 aliphatic carbocycles. The van der Waals surface area contributed by atoms with Crippen LogP contribution in [0.4, 0.5) is 0 Å². The van der Waals surface area contributed by atoms with E-state index in [4.69, 9.17) is 10.3 Å². The minimum absolute atomic E-state index is 0.240. The third kappa shape index (κ3) is 4.67. The van der Waals surface area contributed by atoms with Crippen LogP contribution in [-0.2, 0) is 14.9 Å². The first-order chi connectivity index (χ1) is 4.88. The van der Waals surface area contributed by atoms with E-state index in [1.807, 2.05) is 0 Å². The van der Waals surface area contributed by atoms with Crippen molar-refractivity contribution in [1.29, 1.82) is 0 Å². The highest BCUT2D eigenvalue weighted by molar-refractivity contribution is 14.1. The van der Waals surface area contributed by atoms with Crippen molar-refractivity contribution in [2.75, 3.05) is 6.54 Å². The van der Waals surface area contributed by atoms with Crippen LogP contribution in [0.25, 0.3) is 0 Å². The highest BCUT2D eigenvalue weighted by Crippen LogP contribution is 2.06. The Bertz CT molecular complexity index is 236. The van der Waals surface area contributed by atoms with Crippen LogP contribution in [0.2, 0.25) is 0 Å². The molecule has 0 fully saturated rings. The summed E-state index contributed by atoms with van der Waals surface area (Å²) in [4.78, 5) is 10.4. The zero-order chi connectivity index (χ0) is 9.07. The largest absolute Gasteiger partial charge is 0.329 e. The van der Waals surface area contributed by atoms with Crippen molar-refractivity contribution in [1.82, 2.24) is 0 Å². The maximum atomic E-state index is 10.4. The third-order valence-electron chi connectivity index (χ3n) is 1.07. The summed E-state index contributed by atoms with van der Waals surface area (Å²) < 4.78 is 29.0. The maximum absolute atomic E-state index is 10.4. The van der Waals surface area contributed by atoms with Crippen molar-refractivity contribution >= 4 is 36.5 Å². The molecule has 0 saturated carbocycles. The van der Waals surface area contributed by atoms with Gasteiger partial charge in [-0.25, -0.2) is 0 Å². The van der Waals surface area contributed by atoms with E-state index in [0.29, 0.717) is 0 Å². The van der Waals surface area contributed by atoms with Gasteiger partial charge in [0.2, 0.25) is 0 Å². The number of carbonyl (C=O) groups is 1. The van der Waals surface area contributed by atoms with E-state index < -0.39 is 15.4 Å². The lowest BCUT2D eigenvalue weighted by Gasteiger charge is -2.06. The van der Waals surface area contributed by atoms with Gasteiger partial charge in [-0.15, -0.1) is 0 Å². The van der Waals surface area contributed by atoms with Crippen molar-refractivity contribution < 1.29 is 17.8 Å². The van der Waals surface area contributed by atoms with E-state index in [-0.39, 0.29) is 16.8 Å². The quantitative estimate of drug-likeness (QED) is 0.416. The molecular weight excluding hydrogens is 285 g/mol. The molecule has 66 valence electrons. The summed E-state index contributed by atoms with van der Waals surface area (Å²) in [6.07, 6.45) is -0.240. The number of carbonyl (C=O) groups excluding carboxylic acids is 1. The van der Waals surface area contributed by atoms with Gasteiger partial charge in [0.25, 0.3) is 10.1 Å². The molecule has 0 amide bonds. The number of halogens is 1. The van der Waals surface area contributed by atoms with Gasteiger partial charge in [0.05, 0.1) is 0 Å². The first kappa shape index (κ1) is 11.3. The predicted molar refractivity (Wildman–Crippen MR) is 48.0 cm³/mol. The third-order valence-corrected chi connectivity index (χ3v) is 2.71. The van der Waals surface area contributed by atoms with Crippen LogP contribution in [-0.4, -0.2) is 28.6 Å². The Morgan fingerprint density at radius 3 is 2.18 bits per heavy atom. The molecule has 0 radical (unpaired) electrons. The second kappa shape index (κ2) is 4.33. The van der Waals surface area contributed by atoms with Crippen LogP contribution in [0.5, 0.6) is 0 Å². The molecule has 0 aromatic rings. The summed E-state index contributed by atoms with van der Waals surface area (Å²) in [6.45, 7) is -0.242. The van der Waals surface area contributed by atoms with Crippen molar-refractivity contribution in [2.45, 2.75) is 11.7 Å². The summed E-state index contributed by atoms with van der Waals surface area (Å²) in [6, 6.07) is 0. The lowest BCUT2D eigenvalue weighted by atomic mass is 10.3. The SMILES string of the molecule is NCC(CC(=O)I)S(=O)(=O)O. The minimum Gasteiger partial charge on any atom is -0.329 e. The van der Waals surface area contributed by atoms with E-state index in [1.54, 1.807) is 0 Å². The molecule has 11 heavy (non-hydrogen) atoms. The number of rotatable bonds is 4. The average Bonchev–Trinajstić information content (AvgIpc) is 1.79. The molecule has 0 aliphatic heterocycles. The van der Waals surface area contributed by atoms with E-state index in [2.05, 4.69) is 0 Å². The molecule has 0 spiro atoms. The average molecular weight is 293 g/mol. The summed E-state index contributed by atoms with van der Waals surface area (Å²) in [7, 11) is -4.16. The molecule has 1 atom stereocenters. The van der Waals surface area contributed by atoms with Crippen molar-refractivity contribution in [3.63, 3.8) is 0 Å². The molecule has 0 rings (SSSR count). The van der Waals surface area contributed by atoms with Gasteiger partial charge >= 0.3 is 0 Å². The molecule has 0 aromatic carbocycles. The Morgan fingerprint density at radius 2 is 2.09 bits per heavy atom.